The van der Waals surface area contributed by atoms with Gasteiger partial charge in [-0.1, -0.05) is 62.4 Å². The van der Waals surface area contributed by atoms with Crippen LogP contribution in [0.1, 0.15) is 32.3 Å². The third-order valence-corrected chi connectivity index (χ3v) is 6.38. The maximum absolute atomic E-state index is 10.9. The smallest absolute Gasteiger partial charge is 1.00 e. The van der Waals surface area contributed by atoms with Crippen molar-refractivity contribution in [2.75, 3.05) is 13.1 Å². The number of carbonyl (C=O) groups is 1. The van der Waals surface area contributed by atoms with E-state index in [2.05, 4.69) is 72.3 Å². The van der Waals surface area contributed by atoms with Gasteiger partial charge in [-0.2, -0.15) is 0 Å². The van der Waals surface area contributed by atoms with E-state index in [0.29, 0.717) is 19.0 Å². The third kappa shape index (κ3) is 5.16. The zero-order valence-electron chi connectivity index (χ0n) is 18.1. The number of thiazole rings is 1. The van der Waals surface area contributed by atoms with Crippen LogP contribution in [0.15, 0.2) is 54.7 Å². The fourth-order valence-electron chi connectivity index (χ4n) is 3.44. The second kappa shape index (κ2) is 9.54. The van der Waals surface area contributed by atoms with Crippen LogP contribution < -0.4 is 29.6 Å². The first-order valence-corrected chi connectivity index (χ1v) is 10.4. The third-order valence-electron chi connectivity index (χ3n) is 5.28. The van der Waals surface area contributed by atoms with Crippen molar-refractivity contribution in [3.05, 3.63) is 65.9 Å². The molecule has 0 saturated carbocycles. The molecule has 2 heterocycles. The SMILES string of the molecule is CC(C)c1ccc(-c2cnc(-c3ccc(CN4CC(C(=O)O)C4)cc3)s2)cc1.[H-].[Na+]. The Bertz CT molecular complexity index is 968. The van der Waals surface area contributed by atoms with Crippen molar-refractivity contribution in [1.82, 2.24) is 9.88 Å². The minimum absolute atomic E-state index is 0. The van der Waals surface area contributed by atoms with E-state index in [1.54, 1.807) is 11.3 Å². The van der Waals surface area contributed by atoms with Gasteiger partial charge >= 0.3 is 35.5 Å². The van der Waals surface area contributed by atoms with Crippen molar-refractivity contribution in [2.24, 2.45) is 5.92 Å². The summed E-state index contributed by atoms with van der Waals surface area (Å²) in [5.74, 6) is -0.358. The number of hydrogen-bond acceptors (Lipinski definition) is 4. The zero-order valence-corrected chi connectivity index (χ0v) is 19.9. The summed E-state index contributed by atoms with van der Waals surface area (Å²) in [5.41, 5.74) is 4.87. The van der Waals surface area contributed by atoms with Gasteiger partial charge in [0, 0.05) is 31.4 Å². The van der Waals surface area contributed by atoms with Gasteiger partial charge in [-0.15, -0.1) is 11.3 Å². The monoisotopic (exact) mass is 416 g/mol. The normalized spacial score (nSPS) is 14.4. The average molecular weight is 417 g/mol. The summed E-state index contributed by atoms with van der Waals surface area (Å²) in [6, 6.07) is 17.2. The molecular weight excluding hydrogens is 391 g/mol. The van der Waals surface area contributed by atoms with E-state index in [1.807, 2.05) is 6.20 Å². The van der Waals surface area contributed by atoms with Crippen molar-refractivity contribution >= 4 is 17.3 Å². The number of aromatic nitrogens is 1. The molecule has 0 bridgehead atoms. The van der Waals surface area contributed by atoms with Crippen LogP contribution in [0.2, 0.25) is 0 Å². The Kier molecular flexibility index (Phi) is 7.30. The fraction of sp³-hybridized carbons (Fsp3) is 0.304. The Labute approximate surface area is 199 Å². The van der Waals surface area contributed by atoms with Crippen molar-refractivity contribution in [2.45, 2.75) is 26.3 Å². The number of nitrogens with zero attached hydrogens (tertiary/aromatic N) is 2. The largest absolute Gasteiger partial charge is 1.00 e. The molecule has 1 N–H and O–H groups in total. The summed E-state index contributed by atoms with van der Waals surface area (Å²) in [6.45, 7) is 6.49. The first kappa shape index (κ1) is 22.2. The summed E-state index contributed by atoms with van der Waals surface area (Å²) in [4.78, 5) is 18.8. The van der Waals surface area contributed by atoms with Gasteiger partial charge in [-0.3, -0.25) is 9.69 Å². The Morgan fingerprint density at radius 1 is 1.14 bits per heavy atom. The van der Waals surface area contributed by atoms with Crippen molar-refractivity contribution < 1.29 is 40.9 Å². The predicted octanol–water partition coefficient (Wildman–Crippen LogP) is 2.23. The average Bonchev–Trinajstić information content (AvgIpc) is 3.14. The number of likely N-dealkylation sites (tertiary alicyclic amines) is 1. The van der Waals surface area contributed by atoms with Crippen LogP contribution >= 0.6 is 11.3 Å². The Morgan fingerprint density at radius 2 is 1.76 bits per heavy atom. The van der Waals surface area contributed by atoms with E-state index in [-0.39, 0.29) is 36.9 Å². The first-order valence-electron chi connectivity index (χ1n) is 9.60. The van der Waals surface area contributed by atoms with Crippen LogP contribution in [0.3, 0.4) is 0 Å². The van der Waals surface area contributed by atoms with Crippen LogP contribution in [-0.2, 0) is 11.3 Å². The first-order chi connectivity index (χ1) is 13.5. The summed E-state index contributed by atoms with van der Waals surface area (Å²) >= 11 is 1.71. The van der Waals surface area contributed by atoms with Crippen molar-refractivity contribution in [1.29, 1.82) is 0 Å². The quantitative estimate of drug-likeness (QED) is 0.626. The van der Waals surface area contributed by atoms with Gasteiger partial charge in [0.1, 0.15) is 5.01 Å². The second-order valence-electron chi connectivity index (χ2n) is 7.73. The van der Waals surface area contributed by atoms with Crippen LogP contribution in [0.4, 0.5) is 0 Å². The number of carboxylic acid groups (broad SMARTS) is 1. The number of carboxylic acids is 1. The fourth-order valence-corrected chi connectivity index (χ4v) is 4.37. The molecule has 4 nitrogen and oxygen atoms in total. The molecule has 6 heteroatoms. The molecule has 0 amide bonds. The van der Waals surface area contributed by atoms with Crippen molar-refractivity contribution in [3.8, 4) is 21.0 Å². The van der Waals surface area contributed by atoms with E-state index in [0.717, 1.165) is 17.1 Å². The van der Waals surface area contributed by atoms with Crippen LogP contribution in [0.5, 0.6) is 0 Å². The van der Waals surface area contributed by atoms with Gasteiger partial charge in [0.05, 0.1) is 10.8 Å². The summed E-state index contributed by atoms with van der Waals surface area (Å²) in [6.07, 6.45) is 1.95. The second-order valence-corrected chi connectivity index (χ2v) is 8.76. The van der Waals surface area contributed by atoms with E-state index < -0.39 is 5.97 Å². The zero-order chi connectivity index (χ0) is 19.7. The predicted molar refractivity (Wildman–Crippen MR) is 115 cm³/mol. The maximum atomic E-state index is 10.9. The summed E-state index contributed by atoms with van der Waals surface area (Å²) in [7, 11) is 0. The molecule has 0 aliphatic carbocycles. The molecule has 0 spiro atoms. The summed E-state index contributed by atoms with van der Waals surface area (Å²) < 4.78 is 0. The number of aliphatic carboxylic acids is 1. The van der Waals surface area contributed by atoms with Crippen LogP contribution in [-0.4, -0.2) is 34.0 Å². The molecule has 0 radical (unpaired) electrons. The van der Waals surface area contributed by atoms with Gasteiger partial charge in [-0.25, -0.2) is 4.98 Å². The molecule has 146 valence electrons. The van der Waals surface area contributed by atoms with Crippen molar-refractivity contribution in [3.63, 3.8) is 0 Å². The van der Waals surface area contributed by atoms with E-state index in [9.17, 15) is 4.79 Å². The van der Waals surface area contributed by atoms with Gasteiger partial charge < -0.3 is 6.53 Å². The Balaban J connectivity index is 0.00000160. The standard InChI is InChI=1S/C23H24N2O2S.Na.H/c1-15(2)17-7-9-18(10-8-17)21-11-24-22(28-21)19-5-3-16(4-6-19)12-25-13-20(14-25)23(26)27;;/h3-11,15,20H,12-14H2,1-2H3,(H,26,27);;/q;+1;-1. The minimum Gasteiger partial charge on any atom is -1.00 e. The van der Waals surface area contributed by atoms with Crippen LogP contribution in [0, 0.1) is 5.92 Å². The van der Waals surface area contributed by atoms with Crippen LogP contribution in [0.25, 0.3) is 21.0 Å². The van der Waals surface area contributed by atoms with Gasteiger partial charge in [0.25, 0.3) is 0 Å². The molecule has 1 fully saturated rings. The Morgan fingerprint density at radius 3 is 2.34 bits per heavy atom. The van der Waals surface area contributed by atoms with E-state index >= 15 is 0 Å². The molecule has 2 aromatic carbocycles. The molecule has 0 atom stereocenters. The number of rotatable bonds is 6. The molecule has 0 unspecified atom stereocenters. The van der Waals surface area contributed by atoms with Gasteiger partial charge in [0.15, 0.2) is 0 Å². The van der Waals surface area contributed by atoms with Gasteiger partial charge in [-0.05, 0) is 22.6 Å². The van der Waals surface area contributed by atoms with Gasteiger partial charge in [0.2, 0.25) is 0 Å². The number of hydrogen-bond donors (Lipinski definition) is 1. The van der Waals surface area contributed by atoms with E-state index in [4.69, 9.17) is 5.11 Å². The molecule has 1 aliphatic rings. The van der Waals surface area contributed by atoms with E-state index in [1.165, 1.54) is 21.6 Å². The molecular formula is C23H25N2NaO2S. The molecule has 1 aliphatic heterocycles. The molecule has 1 aromatic heterocycles. The molecule has 1 saturated heterocycles. The Hall–Kier alpha value is -1.50. The molecule has 4 rings (SSSR count). The summed E-state index contributed by atoms with van der Waals surface area (Å²) in [5, 5.41) is 9.99. The topological polar surface area (TPSA) is 53.4 Å². The minimum atomic E-state index is -0.690. The molecule has 3 aromatic rings. The molecule has 29 heavy (non-hydrogen) atoms. The maximum Gasteiger partial charge on any atom is 1.00 e. The number of benzene rings is 2.